The van der Waals surface area contributed by atoms with E-state index in [9.17, 15) is 18.3 Å². The summed E-state index contributed by atoms with van der Waals surface area (Å²) in [7, 11) is -2.34. The van der Waals surface area contributed by atoms with Crippen LogP contribution in [0.4, 0.5) is 13.2 Å². The van der Waals surface area contributed by atoms with Gasteiger partial charge >= 0.3 is 6.18 Å². The monoisotopic (exact) mass is 530 g/mol. The zero-order valence-corrected chi connectivity index (χ0v) is 25.2. The molecule has 36 heavy (non-hydrogen) atoms. The molecule has 6 heteroatoms. The minimum Gasteiger partial charge on any atom is -0.404 e. The summed E-state index contributed by atoms with van der Waals surface area (Å²) in [5.74, 6) is 3.33. The third kappa shape index (κ3) is 5.10. The van der Waals surface area contributed by atoms with Crippen LogP contribution in [0.1, 0.15) is 105 Å². The van der Waals surface area contributed by atoms with E-state index < -0.39 is 25.7 Å². The average molecular weight is 531 g/mol. The van der Waals surface area contributed by atoms with Crippen molar-refractivity contribution in [2.75, 3.05) is 0 Å². The van der Waals surface area contributed by atoms with Crippen molar-refractivity contribution in [1.29, 1.82) is 0 Å². The van der Waals surface area contributed by atoms with E-state index in [0.29, 0.717) is 41.4 Å². The first-order valence-corrected chi connectivity index (χ1v) is 18.2. The van der Waals surface area contributed by atoms with Gasteiger partial charge in [-0.1, -0.05) is 20.8 Å². The molecule has 0 spiro atoms. The number of halogens is 3. The van der Waals surface area contributed by atoms with E-state index in [-0.39, 0.29) is 24.2 Å². The molecular formula is C30H53F3O2Si. The maximum Gasteiger partial charge on any atom is 0.416 e. The number of aliphatic hydroxyl groups is 1. The highest BCUT2D eigenvalue weighted by Gasteiger charge is 2.66. The van der Waals surface area contributed by atoms with Gasteiger partial charge in [-0.25, -0.2) is 0 Å². The van der Waals surface area contributed by atoms with Crippen molar-refractivity contribution in [3.05, 3.63) is 0 Å². The molecule has 0 aromatic carbocycles. The van der Waals surface area contributed by atoms with Gasteiger partial charge in [0.15, 0.2) is 13.9 Å². The third-order valence-corrected chi connectivity index (χ3v) is 12.7. The van der Waals surface area contributed by atoms with Crippen molar-refractivity contribution in [3.8, 4) is 0 Å². The van der Waals surface area contributed by atoms with Crippen LogP contribution in [-0.4, -0.2) is 30.8 Å². The van der Waals surface area contributed by atoms with E-state index >= 15 is 0 Å². The Morgan fingerprint density at radius 1 is 0.917 bits per heavy atom. The minimum absolute atomic E-state index is 0.00636. The number of hydrogen-bond donors (Lipinski definition) is 1. The second-order valence-electron chi connectivity index (χ2n) is 15.6. The van der Waals surface area contributed by atoms with Gasteiger partial charge in [0.1, 0.15) is 0 Å². The summed E-state index contributed by atoms with van der Waals surface area (Å²) in [6, 6.07) is 0. The highest BCUT2D eigenvalue weighted by molar-refractivity contribution is 6.69. The van der Waals surface area contributed by atoms with Crippen molar-refractivity contribution in [1.82, 2.24) is 0 Å². The van der Waals surface area contributed by atoms with E-state index in [0.717, 1.165) is 25.7 Å². The third-order valence-electron chi connectivity index (χ3n) is 11.7. The largest absolute Gasteiger partial charge is 0.416 e. The summed E-state index contributed by atoms with van der Waals surface area (Å²) in [5.41, 5.74) is -2.20. The molecule has 0 amide bonds. The smallest absolute Gasteiger partial charge is 0.404 e. The Morgan fingerprint density at radius 2 is 1.56 bits per heavy atom. The van der Waals surface area contributed by atoms with E-state index in [1.165, 1.54) is 25.7 Å². The van der Waals surface area contributed by atoms with Crippen LogP contribution in [0.3, 0.4) is 0 Å². The van der Waals surface area contributed by atoms with Gasteiger partial charge in [-0.15, -0.1) is 0 Å². The first-order chi connectivity index (χ1) is 16.3. The van der Waals surface area contributed by atoms with Gasteiger partial charge in [-0.2, -0.15) is 13.2 Å². The van der Waals surface area contributed by atoms with E-state index in [2.05, 4.69) is 20.8 Å². The summed E-state index contributed by atoms with van der Waals surface area (Å²) < 4.78 is 49.5. The van der Waals surface area contributed by atoms with Crippen molar-refractivity contribution in [3.63, 3.8) is 0 Å². The van der Waals surface area contributed by atoms with Gasteiger partial charge in [-0.3, -0.25) is 0 Å². The Kier molecular flexibility index (Phi) is 7.43. The molecular weight excluding hydrogens is 477 g/mol. The lowest BCUT2D eigenvalue weighted by Gasteiger charge is -2.63. The van der Waals surface area contributed by atoms with Crippen LogP contribution in [0.15, 0.2) is 0 Å². The molecule has 2 nitrogen and oxygen atoms in total. The van der Waals surface area contributed by atoms with Gasteiger partial charge in [0.05, 0.1) is 5.60 Å². The van der Waals surface area contributed by atoms with Crippen LogP contribution < -0.4 is 0 Å². The maximum absolute atomic E-state index is 14.5. The van der Waals surface area contributed by atoms with Gasteiger partial charge in [0, 0.05) is 0 Å². The summed E-state index contributed by atoms with van der Waals surface area (Å²) >= 11 is 0. The Labute approximate surface area is 219 Å². The molecule has 1 N–H and O–H groups in total. The molecule has 0 aliphatic heterocycles. The topological polar surface area (TPSA) is 29.5 Å². The predicted molar refractivity (Wildman–Crippen MR) is 143 cm³/mol. The highest BCUT2D eigenvalue weighted by atomic mass is 28.4. The zero-order chi connectivity index (χ0) is 26.9. The molecule has 4 aliphatic rings. The van der Waals surface area contributed by atoms with E-state index in [4.69, 9.17) is 4.43 Å². The molecule has 210 valence electrons. The molecule has 4 unspecified atom stereocenters. The summed E-state index contributed by atoms with van der Waals surface area (Å²) in [5, 5.41) is 10.3. The molecule has 9 atom stereocenters. The van der Waals surface area contributed by atoms with Crippen LogP contribution >= 0.6 is 0 Å². The molecule has 0 aromatic heterocycles. The summed E-state index contributed by atoms with van der Waals surface area (Å²) in [4.78, 5) is 0. The van der Waals surface area contributed by atoms with Crippen LogP contribution in [0.2, 0.25) is 19.6 Å². The standard InChI is InChI=1S/C30H53F3O2Si/c1-20(13-15-26(2,3)34)23-11-12-24-22-10-9-21-19-29(30(31,32)33,35-36(6,7)8)18-17-27(21,4)25(22)14-16-28(23,24)5/h20-25,34H,9-19H2,1-8H3/t20-,21+,22?,23-,24?,25?,27+,28-,29?/m1/s1. The minimum atomic E-state index is -4.30. The lowest BCUT2D eigenvalue weighted by Crippen LogP contribution is -2.61. The number of fused-ring (bicyclic) bond motifs is 5. The molecule has 0 saturated heterocycles. The fourth-order valence-corrected chi connectivity index (χ4v) is 11.5. The van der Waals surface area contributed by atoms with E-state index in [1.54, 1.807) is 0 Å². The number of rotatable bonds is 6. The fraction of sp³-hybridized carbons (Fsp3) is 1.00. The Morgan fingerprint density at radius 3 is 2.14 bits per heavy atom. The van der Waals surface area contributed by atoms with Crippen molar-refractivity contribution >= 4 is 8.32 Å². The molecule has 0 bridgehead atoms. The second kappa shape index (κ2) is 9.25. The first kappa shape index (κ1) is 28.9. The summed E-state index contributed by atoms with van der Waals surface area (Å²) in [6.07, 6.45) is 5.54. The van der Waals surface area contributed by atoms with Gasteiger partial charge in [-0.05, 0) is 150 Å². The highest BCUT2D eigenvalue weighted by Crippen LogP contribution is 2.70. The molecule has 4 saturated carbocycles. The SMILES string of the molecule is C[C@H](CCC(C)(C)O)[C@H]1CCC2C3CC[C@H]4CC(O[Si](C)(C)C)(C(F)(F)F)CC[C@]4(C)C3CC[C@@]21C. The molecule has 4 aliphatic carbocycles. The van der Waals surface area contributed by atoms with Gasteiger partial charge < -0.3 is 9.53 Å². The van der Waals surface area contributed by atoms with Crippen molar-refractivity contribution in [2.45, 2.75) is 142 Å². The quantitative estimate of drug-likeness (QED) is 0.347. The van der Waals surface area contributed by atoms with Crippen molar-refractivity contribution < 1.29 is 22.7 Å². The van der Waals surface area contributed by atoms with Gasteiger partial charge in [0.25, 0.3) is 0 Å². The predicted octanol–water partition coefficient (Wildman–Crippen LogP) is 8.99. The lowest BCUT2D eigenvalue weighted by atomic mass is 9.43. The normalized spacial score (nSPS) is 44.5. The van der Waals surface area contributed by atoms with Gasteiger partial charge in [0.2, 0.25) is 0 Å². The maximum atomic E-state index is 14.5. The van der Waals surface area contributed by atoms with Crippen molar-refractivity contribution in [2.24, 2.45) is 46.3 Å². The Bertz CT molecular complexity index is 801. The Hall–Kier alpha value is -0.0731. The molecule has 4 fully saturated rings. The van der Waals surface area contributed by atoms with E-state index in [1.807, 2.05) is 33.5 Å². The van der Waals surface area contributed by atoms with Crippen LogP contribution in [-0.2, 0) is 4.43 Å². The zero-order valence-electron chi connectivity index (χ0n) is 24.2. The lowest BCUT2D eigenvalue weighted by molar-refractivity contribution is -0.282. The molecule has 0 radical (unpaired) electrons. The van der Waals surface area contributed by atoms with Crippen LogP contribution in [0.5, 0.6) is 0 Å². The fourth-order valence-electron chi connectivity index (χ4n) is 9.98. The summed E-state index contributed by atoms with van der Waals surface area (Å²) in [6.45, 7) is 16.8. The van der Waals surface area contributed by atoms with Crippen LogP contribution in [0.25, 0.3) is 0 Å². The van der Waals surface area contributed by atoms with Crippen LogP contribution in [0, 0.1) is 46.3 Å². The average Bonchev–Trinajstić information content (AvgIpc) is 3.07. The molecule has 0 heterocycles. The number of alkyl halides is 3. The molecule has 4 rings (SSSR count). The number of hydrogen-bond acceptors (Lipinski definition) is 2. The first-order valence-electron chi connectivity index (χ1n) is 14.8. The Balaban J connectivity index is 1.52. The second-order valence-corrected chi connectivity index (χ2v) is 20.1. The molecule has 0 aromatic rings.